The van der Waals surface area contributed by atoms with Crippen molar-refractivity contribution >= 4 is 17.5 Å². The first-order valence-corrected chi connectivity index (χ1v) is 9.04. The molecule has 28 heavy (non-hydrogen) atoms. The molecule has 1 N–H and O–H groups in total. The predicted octanol–water partition coefficient (Wildman–Crippen LogP) is 1.48. The largest absolute Gasteiger partial charge is 0.491 e. The van der Waals surface area contributed by atoms with E-state index in [9.17, 15) is 9.59 Å². The van der Waals surface area contributed by atoms with E-state index in [2.05, 4.69) is 25.5 Å². The topological polar surface area (TPSA) is 116 Å². The lowest BCUT2D eigenvalue weighted by Crippen LogP contribution is -2.31. The molecular weight excluding hydrogens is 362 g/mol. The van der Waals surface area contributed by atoms with Crippen molar-refractivity contribution in [3.63, 3.8) is 0 Å². The zero-order chi connectivity index (χ0) is 20.3. The predicted molar refractivity (Wildman–Crippen MR) is 102 cm³/mol. The number of hydrogen-bond acceptors (Lipinski definition) is 7. The average molecular weight is 385 g/mol. The van der Waals surface area contributed by atoms with E-state index in [0.717, 1.165) is 4.68 Å². The summed E-state index contributed by atoms with van der Waals surface area (Å²) in [7, 11) is 0. The van der Waals surface area contributed by atoms with Crippen LogP contribution in [0.25, 0.3) is 5.65 Å². The number of anilines is 1. The number of nitrogens with one attached hydrogen (secondary N) is 1. The van der Waals surface area contributed by atoms with E-state index in [1.165, 1.54) is 16.8 Å². The van der Waals surface area contributed by atoms with Gasteiger partial charge < -0.3 is 4.74 Å². The Morgan fingerprint density at radius 1 is 1.25 bits per heavy atom. The Hall–Kier alpha value is -3.30. The smallest absolute Gasteiger partial charge is 0.270 e. The highest BCUT2D eigenvalue weighted by Crippen LogP contribution is 2.22. The van der Waals surface area contributed by atoms with Crippen LogP contribution in [-0.2, 0) is 11.3 Å². The third-order valence-electron chi connectivity index (χ3n) is 3.80. The number of nitrogens with zero attached hydrogens (tertiary/aromatic N) is 6. The molecular formula is C18H23N7O3. The number of fused-ring (bicyclic) bond motifs is 1. The number of aromatic nitrogens is 6. The fourth-order valence-corrected chi connectivity index (χ4v) is 2.47. The van der Waals surface area contributed by atoms with Crippen LogP contribution in [0.4, 0.5) is 5.95 Å². The van der Waals surface area contributed by atoms with E-state index in [-0.39, 0.29) is 18.4 Å². The van der Waals surface area contributed by atoms with E-state index in [1.807, 2.05) is 27.7 Å². The van der Waals surface area contributed by atoms with Gasteiger partial charge in [-0.15, -0.1) is 5.10 Å². The molecule has 0 aromatic carbocycles. The molecule has 0 saturated heterocycles. The van der Waals surface area contributed by atoms with Gasteiger partial charge in [-0.25, -0.2) is 9.20 Å². The zero-order valence-corrected chi connectivity index (χ0v) is 16.3. The summed E-state index contributed by atoms with van der Waals surface area (Å²) in [5.41, 5.74) is 0.720. The van der Waals surface area contributed by atoms with Crippen LogP contribution in [0.5, 0.6) is 5.75 Å². The molecule has 148 valence electrons. The van der Waals surface area contributed by atoms with Crippen molar-refractivity contribution in [2.45, 2.75) is 40.2 Å². The van der Waals surface area contributed by atoms with Gasteiger partial charge in [-0.05, 0) is 5.92 Å². The molecule has 0 saturated carbocycles. The average Bonchev–Trinajstić information content (AvgIpc) is 3.03. The molecule has 1 amide bonds. The third-order valence-corrected chi connectivity index (χ3v) is 3.80. The van der Waals surface area contributed by atoms with E-state index < -0.39 is 11.5 Å². The number of amides is 1. The Labute approximate surface area is 161 Å². The molecule has 3 rings (SSSR count). The van der Waals surface area contributed by atoms with Crippen LogP contribution in [0, 0.1) is 5.92 Å². The lowest BCUT2D eigenvalue weighted by atomic mass is 10.1. The van der Waals surface area contributed by atoms with Gasteiger partial charge in [0.05, 0.1) is 12.8 Å². The highest BCUT2D eigenvalue weighted by molar-refractivity contribution is 5.88. The highest BCUT2D eigenvalue weighted by atomic mass is 16.5. The fourth-order valence-electron chi connectivity index (χ4n) is 2.47. The first kappa shape index (κ1) is 19.5. The minimum Gasteiger partial charge on any atom is -0.491 e. The molecule has 10 nitrogen and oxygen atoms in total. The zero-order valence-electron chi connectivity index (χ0n) is 16.3. The first-order valence-electron chi connectivity index (χ1n) is 9.04. The monoisotopic (exact) mass is 385 g/mol. The summed E-state index contributed by atoms with van der Waals surface area (Å²) < 4.78 is 8.33. The Bertz CT molecular complexity index is 1010. The minimum absolute atomic E-state index is 0.0321. The van der Waals surface area contributed by atoms with Crippen molar-refractivity contribution in [3.05, 3.63) is 40.7 Å². The Kier molecular flexibility index (Phi) is 5.67. The lowest BCUT2D eigenvalue weighted by molar-refractivity contribution is -0.117. The van der Waals surface area contributed by atoms with Gasteiger partial charge in [0.2, 0.25) is 11.9 Å². The molecule has 0 fully saturated rings. The molecule has 3 heterocycles. The van der Waals surface area contributed by atoms with Gasteiger partial charge in [0, 0.05) is 24.4 Å². The molecule has 0 aliphatic heterocycles. The van der Waals surface area contributed by atoms with Crippen molar-refractivity contribution in [1.29, 1.82) is 0 Å². The van der Waals surface area contributed by atoms with Gasteiger partial charge in [-0.2, -0.15) is 10.1 Å². The summed E-state index contributed by atoms with van der Waals surface area (Å²) in [5, 5.41) is 11.0. The van der Waals surface area contributed by atoms with E-state index in [4.69, 9.17) is 4.74 Å². The van der Waals surface area contributed by atoms with Crippen LogP contribution in [0.15, 0.2) is 29.5 Å². The molecule has 0 radical (unpaired) electrons. The van der Waals surface area contributed by atoms with Gasteiger partial charge in [0.15, 0.2) is 5.65 Å². The Morgan fingerprint density at radius 3 is 2.71 bits per heavy atom. The van der Waals surface area contributed by atoms with Crippen LogP contribution in [0.2, 0.25) is 0 Å². The number of hydrogen-bond donors (Lipinski definition) is 1. The van der Waals surface area contributed by atoms with E-state index >= 15 is 0 Å². The molecule has 0 spiro atoms. The van der Waals surface area contributed by atoms with E-state index in [0.29, 0.717) is 29.6 Å². The summed E-state index contributed by atoms with van der Waals surface area (Å²) in [6, 6.07) is 1.38. The van der Waals surface area contributed by atoms with E-state index in [1.54, 1.807) is 12.4 Å². The van der Waals surface area contributed by atoms with Crippen LogP contribution in [0.3, 0.4) is 0 Å². The number of rotatable bonds is 7. The summed E-state index contributed by atoms with van der Waals surface area (Å²) >= 11 is 0. The summed E-state index contributed by atoms with van der Waals surface area (Å²) in [5.74, 6) is 0.488. The summed E-state index contributed by atoms with van der Waals surface area (Å²) in [6.07, 6.45) is 4.71. The maximum Gasteiger partial charge on any atom is 0.270 e. The molecule has 0 atom stereocenters. The molecule has 0 aliphatic rings. The number of carbonyl (C=O) groups excluding carboxylic acids is 1. The molecule has 0 unspecified atom stereocenters. The Morgan fingerprint density at radius 2 is 2.04 bits per heavy atom. The van der Waals surface area contributed by atoms with Gasteiger partial charge in [-0.3, -0.25) is 19.9 Å². The SMILES string of the molecule is CC(C)COc1cc(=O)n(CC(=O)Nc2nc3cnccn3n2)nc1C(C)C. The van der Waals surface area contributed by atoms with Crippen molar-refractivity contribution in [3.8, 4) is 5.75 Å². The van der Waals surface area contributed by atoms with Gasteiger partial charge in [0.1, 0.15) is 18.0 Å². The molecule has 3 aromatic rings. The summed E-state index contributed by atoms with van der Waals surface area (Å²) in [4.78, 5) is 32.8. The lowest BCUT2D eigenvalue weighted by Gasteiger charge is -2.16. The maximum absolute atomic E-state index is 12.4. The molecule has 10 heteroatoms. The molecule has 3 aromatic heterocycles. The van der Waals surface area contributed by atoms with Crippen LogP contribution < -0.4 is 15.6 Å². The number of carbonyl (C=O) groups is 1. The highest BCUT2D eigenvalue weighted by Gasteiger charge is 2.16. The van der Waals surface area contributed by atoms with Crippen LogP contribution in [-0.4, -0.2) is 41.9 Å². The molecule has 0 bridgehead atoms. The fraction of sp³-hybridized carbons (Fsp3) is 0.444. The van der Waals surface area contributed by atoms with Gasteiger partial charge in [-0.1, -0.05) is 27.7 Å². The third kappa shape index (κ3) is 4.51. The van der Waals surface area contributed by atoms with Gasteiger partial charge >= 0.3 is 0 Å². The minimum atomic E-state index is -0.455. The second kappa shape index (κ2) is 8.15. The van der Waals surface area contributed by atoms with Crippen LogP contribution >= 0.6 is 0 Å². The quantitative estimate of drug-likeness (QED) is 0.655. The number of ether oxygens (including phenoxy) is 1. The Balaban J connectivity index is 1.77. The normalized spacial score (nSPS) is 11.4. The maximum atomic E-state index is 12.4. The van der Waals surface area contributed by atoms with Crippen molar-refractivity contribution in [2.24, 2.45) is 5.92 Å². The standard InChI is InChI=1S/C18H23N7O3/c1-11(2)10-28-13-7-16(27)25(22-17(13)12(3)4)9-15(26)21-18-20-14-8-19-5-6-24(14)23-18/h5-8,11-12H,9-10H2,1-4H3,(H,21,23,26). The van der Waals surface area contributed by atoms with Gasteiger partial charge in [0.25, 0.3) is 5.56 Å². The van der Waals surface area contributed by atoms with Crippen molar-refractivity contribution in [1.82, 2.24) is 29.4 Å². The second-order valence-electron chi connectivity index (χ2n) is 7.11. The molecule has 0 aliphatic carbocycles. The van der Waals surface area contributed by atoms with Crippen molar-refractivity contribution in [2.75, 3.05) is 11.9 Å². The summed E-state index contributed by atoms with van der Waals surface area (Å²) in [6.45, 7) is 8.19. The second-order valence-corrected chi connectivity index (χ2v) is 7.11. The van der Waals surface area contributed by atoms with Crippen molar-refractivity contribution < 1.29 is 9.53 Å². The first-order chi connectivity index (χ1) is 13.3. The van der Waals surface area contributed by atoms with Crippen LogP contribution in [0.1, 0.15) is 39.3 Å².